The number of nitrogens with zero attached hydrogens (tertiary/aromatic N) is 1. The molecule has 0 aromatic heterocycles. The summed E-state index contributed by atoms with van der Waals surface area (Å²) in [6.07, 6.45) is 7.50. The van der Waals surface area contributed by atoms with Gasteiger partial charge in [-0.15, -0.1) is 12.5 Å². The molecular weight excluding hydrogens is 330 g/mol. The van der Waals surface area contributed by atoms with E-state index in [2.05, 4.69) is 43.2 Å². The first-order valence-corrected chi connectivity index (χ1v) is 9.98. The van der Waals surface area contributed by atoms with E-state index in [4.69, 9.17) is 4.74 Å². The Balaban J connectivity index is 2.25. The van der Waals surface area contributed by atoms with Crippen molar-refractivity contribution >= 4 is 5.69 Å². The standard InChI is InChI=1S/C25H31NO/c1-4-7-8-9-11-16-22(6-3)26(21-5-2)24-19-14-15-20-25(24)27-23-17-12-10-13-18-23/h5,10,12-15,17-20,22H,2,4,6-9,21H2,1,3H3/t22-/m0/s1. The molecule has 2 rings (SSSR count). The van der Waals surface area contributed by atoms with E-state index in [0.717, 1.165) is 36.6 Å². The minimum Gasteiger partial charge on any atom is -0.455 e. The van der Waals surface area contributed by atoms with Crippen LogP contribution in [0.2, 0.25) is 0 Å². The maximum absolute atomic E-state index is 6.16. The lowest BCUT2D eigenvalue weighted by Crippen LogP contribution is -2.34. The van der Waals surface area contributed by atoms with Crippen molar-refractivity contribution in [3.8, 4) is 23.3 Å². The van der Waals surface area contributed by atoms with Crippen LogP contribution in [0.1, 0.15) is 46.0 Å². The van der Waals surface area contributed by atoms with Crippen molar-refractivity contribution in [1.29, 1.82) is 0 Å². The Morgan fingerprint density at radius 1 is 1.04 bits per heavy atom. The molecule has 0 aliphatic carbocycles. The van der Waals surface area contributed by atoms with Gasteiger partial charge in [0.15, 0.2) is 5.75 Å². The Labute approximate surface area is 164 Å². The molecule has 0 unspecified atom stereocenters. The van der Waals surface area contributed by atoms with Gasteiger partial charge < -0.3 is 9.64 Å². The summed E-state index contributed by atoms with van der Waals surface area (Å²) in [7, 11) is 0. The second kappa shape index (κ2) is 11.9. The summed E-state index contributed by atoms with van der Waals surface area (Å²) < 4.78 is 6.16. The molecule has 0 N–H and O–H groups in total. The Morgan fingerprint density at radius 2 is 1.78 bits per heavy atom. The maximum atomic E-state index is 6.16. The number of hydrogen-bond donors (Lipinski definition) is 0. The molecule has 0 bridgehead atoms. The van der Waals surface area contributed by atoms with E-state index in [1.54, 1.807) is 0 Å². The van der Waals surface area contributed by atoms with Gasteiger partial charge in [0.05, 0.1) is 11.7 Å². The second-order valence-electron chi connectivity index (χ2n) is 6.53. The second-order valence-corrected chi connectivity index (χ2v) is 6.53. The molecule has 2 heteroatoms. The van der Waals surface area contributed by atoms with Crippen LogP contribution in [0.15, 0.2) is 67.3 Å². The molecule has 0 saturated heterocycles. The van der Waals surface area contributed by atoms with E-state index in [0.29, 0.717) is 0 Å². The number of anilines is 1. The van der Waals surface area contributed by atoms with Crippen molar-refractivity contribution in [2.75, 3.05) is 11.4 Å². The maximum Gasteiger partial charge on any atom is 0.150 e. The molecule has 27 heavy (non-hydrogen) atoms. The molecule has 142 valence electrons. The molecule has 0 spiro atoms. The van der Waals surface area contributed by atoms with Crippen LogP contribution in [0.5, 0.6) is 11.5 Å². The Morgan fingerprint density at radius 3 is 2.48 bits per heavy atom. The van der Waals surface area contributed by atoms with Gasteiger partial charge in [-0.2, -0.15) is 0 Å². The molecule has 0 aliphatic rings. The zero-order valence-electron chi connectivity index (χ0n) is 16.7. The van der Waals surface area contributed by atoms with Crippen molar-refractivity contribution in [3.05, 3.63) is 67.3 Å². The van der Waals surface area contributed by atoms with Crippen LogP contribution >= 0.6 is 0 Å². The summed E-state index contributed by atoms with van der Waals surface area (Å²) in [5.41, 5.74) is 1.05. The molecule has 0 fully saturated rings. The average molecular weight is 362 g/mol. The van der Waals surface area contributed by atoms with E-state index in [1.165, 1.54) is 19.3 Å². The van der Waals surface area contributed by atoms with Gasteiger partial charge in [0.25, 0.3) is 0 Å². The third-order valence-electron chi connectivity index (χ3n) is 4.41. The lowest BCUT2D eigenvalue weighted by Gasteiger charge is -2.30. The summed E-state index contributed by atoms with van der Waals surface area (Å²) >= 11 is 0. The highest BCUT2D eigenvalue weighted by Gasteiger charge is 2.18. The van der Waals surface area contributed by atoms with Crippen molar-refractivity contribution in [2.45, 2.75) is 52.0 Å². The summed E-state index contributed by atoms with van der Waals surface area (Å²) in [6.45, 7) is 9.08. The number of rotatable bonds is 10. The lowest BCUT2D eigenvalue weighted by atomic mass is 10.1. The van der Waals surface area contributed by atoms with Crippen molar-refractivity contribution in [2.24, 2.45) is 0 Å². The molecule has 0 aliphatic heterocycles. The molecule has 0 radical (unpaired) electrons. The third-order valence-corrected chi connectivity index (χ3v) is 4.41. The minimum absolute atomic E-state index is 0.144. The Kier molecular flexibility index (Phi) is 9.07. The van der Waals surface area contributed by atoms with Crippen LogP contribution in [0.25, 0.3) is 0 Å². The van der Waals surface area contributed by atoms with Crippen LogP contribution in [0.3, 0.4) is 0 Å². The quantitative estimate of drug-likeness (QED) is 0.261. The van der Waals surface area contributed by atoms with Crippen LogP contribution in [-0.2, 0) is 0 Å². The smallest absolute Gasteiger partial charge is 0.150 e. The minimum atomic E-state index is 0.144. The zero-order valence-corrected chi connectivity index (χ0v) is 16.7. The summed E-state index contributed by atoms with van der Waals surface area (Å²) in [4.78, 5) is 2.29. The highest BCUT2D eigenvalue weighted by atomic mass is 16.5. The number of ether oxygens (including phenoxy) is 1. The fraction of sp³-hybridized carbons (Fsp3) is 0.360. The molecule has 1 atom stereocenters. The van der Waals surface area contributed by atoms with Gasteiger partial charge in [-0.1, -0.05) is 69.0 Å². The van der Waals surface area contributed by atoms with Gasteiger partial charge >= 0.3 is 0 Å². The van der Waals surface area contributed by atoms with Gasteiger partial charge in [0, 0.05) is 13.0 Å². The van der Waals surface area contributed by atoms with Gasteiger partial charge in [-0.3, -0.25) is 0 Å². The number of hydrogen-bond acceptors (Lipinski definition) is 2. The average Bonchev–Trinajstić information content (AvgIpc) is 2.71. The first kappa shape index (κ1) is 20.6. The molecule has 0 saturated carbocycles. The monoisotopic (exact) mass is 361 g/mol. The number of benzene rings is 2. The van der Waals surface area contributed by atoms with Gasteiger partial charge in [-0.25, -0.2) is 0 Å². The van der Waals surface area contributed by atoms with E-state index < -0.39 is 0 Å². The van der Waals surface area contributed by atoms with Crippen molar-refractivity contribution < 1.29 is 4.74 Å². The van der Waals surface area contributed by atoms with E-state index >= 15 is 0 Å². The van der Waals surface area contributed by atoms with Gasteiger partial charge in [0.1, 0.15) is 5.75 Å². The highest BCUT2D eigenvalue weighted by Crippen LogP contribution is 2.33. The fourth-order valence-corrected chi connectivity index (χ4v) is 2.98. The largest absolute Gasteiger partial charge is 0.455 e. The van der Waals surface area contributed by atoms with Crippen LogP contribution in [0, 0.1) is 11.8 Å². The first-order chi connectivity index (χ1) is 13.3. The third kappa shape index (κ3) is 6.53. The molecule has 2 aromatic carbocycles. The highest BCUT2D eigenvalue weighted by molar-refractivity contribution is 5.61. The van der Waals surface area contributed by atoms with E-state index in [1.807, 2.05) is 54.6 Å². The normalized spacial score (nSPS) is 11.2. The molecule has 2 nitrogen and oxygen atoms in total. The van der Waals surface area contributed by atoms with Crippen LogP contribution in [-0.4, -0.2) is 12.6 Å². The summed E-state index contributed by atoms with van der Waals surface area (Å²) in [5, 5.41) is 0. The predicted octanol–water partition coefficient (Wildman–Crippen LogP) is 6.83. The molecule has 2 aromatic rings. The predicted molar refractivity (Wildman–Crippen MR) is 116 cm³/mol. The molecule has 0 heterocycles. The van der Waals surface area contributed by atoms with Crippen molar-refractivity contribution in [1.82, 2.24) is 0 Å². The van der Waals surface area contributed by atoms with E-state index in [-0.39, 0.29) is 6.04 Å². The SMILES string of the molecule is C=CCN(c1ccccc1Oc1ccccc1)[C@H](C#CCCCCC)CC. The Hall–Kier alpha value is -2.66. The van der Waals surface area contributed by atoms with Crippen LogP contribution < -0.4 is 9.64 Å². The van der Waals surface area contributed by atoms with Crippen LogP contribution in [0.4, 0.5) is 5.69 Å². The van der Waals surface area contributed by atoms with E-state index in [9.17, 15) is 0 Å². The number of unbranched alkanes of at least 4 members (excludes halogenated alkanes) is 3. The zero-order chi connectivity index (χ0) is 19.3. The number of para-hydroxylation sites is 3. The fourth-order valence-electron chi connectivity index (χ4n) is 2.98. The Bertz CT molecular complexity index is 742. The topological polar surface area (TPSA) is 12.5 Å². The van der Waals surface area contributed by atoms with Crippen molar-refractivity contribution in [3.63, 3.8) is 0 Å². The molecular formula is C25H31NO. The summed E-state index contributed by atoms with van der Waals surface area (Å²) in [6, 6.07) is 18.2. The van der Waals surface area contributed by atoms with Gasteiger partial charge in [0.2, 0.25) is 0 Å². The van der Waals surface area contributed by atoms with Gasteiger partial charge in [-0.05, 0) is 37.1 Å². The molecule has 0 amide bonds. The first-order valence-electron chi connectivity index (χ1n) is 9.98. The lowest BCUT2D eigenvalue weighted by molar-refractivity contribution is 0.480. The summed E-state index contributed by atoms with van der Waals surface area (Å²) in [5.74, 6) is 8.54.